The fraction of sp³-hybridized carbons (Fsp3) is 0.500. The zero-order valence-electron chi connectivity index (χ0n) is 10.9. The number of nitrogens with one attached hydrogen (secondary N) is 1. The molecular formula is C14H22N2O. The highest BCUT2D eigenvalue weighted by Crippen LogP contribution is 2.16. The van der Waals surface area contributed by atoms with Crippen molar-refractivity contribution in [1.29, 1.82) is 0 Å². The van der Waals surface area contributed by atoms with Gasteiger partial charge < -0.3 is 11.1 Å². The van der Waals surface area contributed by atoms with Gasteiger partial charge in [-0.3, -0.25) is 4.79 Å². The molecule has 0 aliphatic carbocycles. The van der Waals surface area contributed by atoms with E-state index < -0.39 is 0 Å². The van der Waals surface area contributed by atoms with E-state index in [2.05, 4.69) is 18.3 Å². The Morgan fingerprint density at radius 2 is 2.12 bits per heavy atom. The number of hydrogen-bond donors (Lipinski definition) is 2. The second-order valence-electron chi connectivity index (χ2n) is 4.75. The second-order valence-corrected chi connectivity index (χ2v) is 4.75. The molecule has 1 aromatic carbocycles. The van der Waals surface area contributed by atoms with Gasteiger partial charge in [-0.15, -0.1) is 0 Å². The first-order chi connectivity index (χ1) is 8.02. The first-order valence-electron chi connectivity index (χ1n) is 6.10. The van der Waals surface area contributed by atoms with Crippen molar-refractivity contribution in [3.05, 3.63) is 29.3 Å². The van der Waals surface area contributed by atoms with E-state index in [0.29, 0.717) is 18.9 Å². The Morgan fingerprint density at radius 3 is 2.71 bits per heavy atom. The van der Waals surface area contributed by atoms with Crippen LogP contribution in [0, 0.1) is 19.8 Å². The van der Waals surface area contributed by atoms with Crippen LogP contribution < -0.4 is 11.1 Å². The van der Waals surface area contributed by atoms with E-state index in [0.717, 1.165) is 17.7 Å². The van der Waals surface area contributed by atoms with Crippen molar-refractivity contribution in [2.45, 2.75) is 33.6 Å². The first-order valence-corrected chi connectivity index (χ1v) is 6.10. The predicted octanol–water partition coefficient (Wildman–Crippen LogP) is 2.62. The third-order valence-electron chi connectivity index (χ3n) is 2.92. The lowest BCUT2D eigenvalue weighted by Gasteiger charge is -2.11. The van der Waals surface area contributed by atoms with Crippen LogP contribution in [0.15, 0.2) is 18.2 Å². The number of hydrogen-bond acceptors (Lipinski definition) is 2. The molecule has 1 aromatic rings. The molecule has 0 fully saturated rings. The molecule has 0 saturated carbocycles. The molecule has 0 bridgehead atoms. The van der Waals surface area contributed by atoms with E-state index in [1.165, 1.54) is 5.56 Å². The summed E-state index contributed by atoms with van der Waals surface area (Å²) < 4.78 is 0. The summed E-state index contributed by atoms with van der Waals surface area (Å²) in [7, 11) is 0. The van der Waals surface area contributed by atoms with Crippen LogP contribution in [0.4, 0.5) is 5.69 Å². The minimum atomic E-state index is 0.0669. The third kappa shape index (κ3) is 4.57. The highest BCUT2D eigenvalue weighted by molar-refractivity contribution is 5.91. The van der Waals surface area contributed by atoms with E-state index in [9.17, 15) is 4.79 Å². The summed E-state index contributed by atoms with van der Waals surface area (Å²) in [5, 5.41) is 2.94. The number of carbonyl (C=O) groups is 1. The Labute approximate surface area is 103 Å². The summed E-state index contributed by atoms with van der Waals surface area (Å²) in [5.74, 6) is 0.470. The van der Waals surface area contributed by atoms with Gasteiger partial charge in [0.05, 0.1) is 0 Å². The van der Waals surface area contributed by atoms with Crippen LogP contribution in [0.2, 0.25) is 0 Å². The number of carbonyl (C=O) groups excluding carboxylic acids is 1. The lowest BCUT2D eigenvalue weighted by Crippen LogP contribution is -2.16. The van der Waals surface area contributed by atoms with Crippen molar-refractivity contribution in [1.82, 2.24) is 0 Å². The molecule has 3 N–H and O–H groups in total. The molecule has 3 heteroatoms. The van der Waals surface area contributed by atoms with Crippen LogP contribution in [0.3, 0.4) is 0 Å². The number of rotatable bonds is 5. The average molecular weight is 234 g/mol. The van der Waals surface area contributed by atoms with Gasteiger partial charge in [0.1, 0.15) is 0 Å². The van der Waals surface area contributed by atoms with Crippen LogP contribution in [0.5, 0.6) is 0 Å². The average Bonchev–Trinajstić information content (AvgIpc) is 2.29. The molecule has 0 saturated heterocycles. The lowest BCUT2D eigenvalue weighted by molar-refractivity contribution is -0.116. The normalized spacial score (nSPS) is 12.2. The van der Waals surface area contributed by atoms with Gasteiger partial charge >= 0.3 is 0 Å². The molecule has 0 aliphatic rings. The number of benzene rings is 1. The Hall–Kier alpha value is -1.35. The summed E-state index contributed by atoms with van der Waals surface area (Å²) in [6, 6.07) is 6.03. The molecule has 0 spiro atoms. The third-order valence-corrected chi connectivity index (χ3v) is 2.92. The smallest absolute Gasteiger partial charge is 0.224 e. The highest BCUT2D eigenvalue weighted by Gasteiger charge is 2.07. The van der Waals surface area contributed by atoms with Gasteiger partial charge in [-0.25, -0.2) is 0 Å². The van der Waals surface area contributed by atoms with Gasteiger partial charge in [0, 0.05) is 12.1 Å². The van der Waals surface area contributed by atoms with Crippen molar-refractivity contribution in [3.8, 4) is 0 Å². The van der Waals surface area contributed by atoms with E-state index in [1.807, 2.05) is 26.0 Å². The molecule has 3 nitrogen and oxygen atoms in total. The van der Waals surface area contributed by atoms with Crippen LogP contribution in [-0.2, 0) is 4.79 Å². The SMILES string of the molecule is Cc1ccc(NC(=O)CCC(C)CN)c(C)c1. The largest absolute Gasteiger partial charge is 0.330 e. The van der Waals surface area contributed by atoms with E-state index in [-0.39, 0.29) is 5.91 Å². The quantitative estimate of drug-likeness (QED) is 0.822. The van der Waals surface area contributed by atoms with Crippen molar-refractivity contribution < 1.29 is 4.79 Å². The summed E-state index contributed by atoms with van der Waals surface area (Å²) >= 11 is 0. The van der Waals surface area contributed by atoms with Crippen LogP contribution in [-0.4, -0.2) is 12.5 Å². The molecule has 0 radical (unpaired) electrons. The molecule has 94 valence electrons. The molecule has 1 rings (SSSR count). The minimum Gasteiger partial charge on any atom is -0.330 e. The molecule has 0 aliphatic heterocycles. The lowest BCUT2D eigenvalue weighted by atomic mass is 10.1. The highest BCUT2D eigenvalue weighted by atomic mass is 16.1. The second kappa shape index (κ2) is 6.40. The number of aryl methyl sites for hydroxylation is 2. The molecular weight excluding hydrogens is 212 g/mol. The Bertz CT molecular complexity index is 388. The Kier molecular flexibility index (Phi) is 5.16. The van der Waals surface area contributed by atoms with Crippen molar-refractivity contribution in [2.75, 3.05) is 11.9 Å². The standard InChI is InChI=1S/C14H22N2O/c1-10-4-6-13(12(3)8-10)16-14(17)7-5-11(2)9-15/h4,6,8,11H,5,7,9,15H2,1-3H3,(H,16,17). The Balaban J connectivity index is 2.50. The number of nitrogens with two attached hydrogens (primary N) is 1. The first kappa shape index (κ1) is 13.7. The molecule has 1 amide bonds. The molecule has 17 heavy (non-hydrogen) atoms. The van der Waals surface area contributed by atoms with Gasteiger partial charge in [0.15, 0.2) is 0 Å². The van der Waals surface area contributed by atoms with E-state index in [1.54, 1.807) is 0 Å². The maximum atomic E-state index is 11.7. The summed E-state index contributed by atoms with van der Waals surface area (Å²) in [5.41, 5.74) is 8.73. The summed E-state index contributed by atoms with van der Waals surface area (Å²) in [6.45, 7) is 6.74. The van der Waals surface area contributed by atoms with E-state index >= 15 is 0 Å². The maximum Gasteiger partial charge on any atom is 0.224 e. The van der Waals surface area contributed by atoms with Crippen molar-refractivity contribution in [3.63, 3.8) is 0 Å². The summed E-state index contributed by atoms with van der Waals surface area (Å²) in [6.07, 6.45) is 1.37. The molecule has 0 heterocycles. The van der Waals surface area contributed by atoms with Crippen LogP contribution >= 0.6 is 0 Å². The Morgan fingerprint density at radius 1 is 1.41 bits per heavy atom. The van der Waals surface area contributed by atoms with Crippen molar-refractivity contribution in [2.24, 2.45) is 11.7 Å². The van der Waals surface area contributed by atoms with Gasteiger partial charge in [0.2, 0.25) is 5.91 Å². The topological polar surface area (TPSA) is 55.1 Å². The molecule has 0 aromatic heterocycles. The maximum absolute atomic E-state index is 11.7. The zero-order chi connectivity index (χ0) is 12.8. The monoisotopic (exact) mass is 234 g/mol. The fourth-order valence-electron chi connectivity index (χ4n) is 1.66. The van der Waals surface area contributed by atoms with Gasteiger partial charge in [-0.2, -0.15) is 0 Å². The fourth-order valence-corrected chi connectivity index (χ4v) is 1.66. The summed E-state index contributed by atoms with van der Waals surface area (Å²) in [4.78, 5) is 11.7. The molecule has 1 atom stereocenters. The van der Waals surface area contributed by atoms with Crippen LogP contribution in [0.1, 0.15) is 30.9 Å². The van der Waals surface area contributed by atoms with Crippen molar-refractivity contribution >= 4 is 11.6 Å². The number of anilines is 1. The zero-order valence-corrected chi connectivity index (χ0v) is 10.9. The number of amides is 1. The minimum absolute atomic E-state index is 0.0669. The van der Waals surface area contributed by atoms with Crippen LogP contribution in [0.25, 0.3) is 0 Å². The predicted molar refractivity (Wildman–Crippen MR) is 72.0 cm³/mol. The van der Waals surface area contributed by atoms with Gasteiger partial charge in [-0.1, -0.05) is 24.6 Å². The molecule has 1 unspecified atom stereocenters. The van der Waals surface area contributed by atoms with E-state index in [4.69, 9.17) is 5.73 Å². The van der Waals surface area contributed by atoms with Gasteiger partial charge in [0.25, 0.3) is 0 Å². The van der Waals surface area contributed by atoms with Gasteiger partial charge in [-0.05, 0) is 44.4 Å².